The van der Waals surface area contributed by atoms with Crippen LogP contribution in [0.2, 0.25) is 5.02 Å². The molecule has 0 unspecified atom stereocenters. The Morgan fingerprint density at radius 1 is 0.871 bits per heavy atom. The number of ether oxygens (including phenoxy) is 2. The molecule has 8 nitrogen and oxygen atoms in total. The maximum absolute atomic E-state index is 11.9. The van der Waals surface area contributed by atoms with E-state index in [0.717, 1.165) is 0 Å². The summed E-state index contributed by atoms with van der Waals surface area (Å²) in [5.41, 5.74) is 1.39. The minimum Gasteiger partial charge on any atom is -0.462 e. The summed E-state index contributed by atoms with van der Waals surface area (Å²) < 4.78 is 9.79. The van der Waals surface area contributed by atoms with Gasteiger partial charge in [0, 0.05) is 29.2 Å². The Morgan fingerprint density at radius 3 is 2.26 bits per heavy atom. The molecule has 0 aliphatic heterocycles. The number of hydrogen-bond donors (Lipinski definition) is 2. The highest BCUT2D eigenvalue weighted by Gasteiger charge is 2.11. The topological polar surface area (TPSA) is 111 Å². The lowest BCUT2D eigenvalue weighted by Crippen LogP contribution is -2.21. The summed E-state index contributed by atoms with van der Waals surface area (Å²) in [6.45, 7) is 1.53. The number of nitrogens with one attached hydrogen (secondary N) is 2. The van der Waals surface area contributed by atoms with Gasteiger partial charge in [-0.3, -0.25) is 14.4 Å². The monoisotopic (exact) mass is 446 g/mol. The quantitative estimate of drug-likeness (QED) is 0.537. The van der Waals surface area contributed by atoms with Gasteiger partial charge in [-0.05, 0) is 55.8 Å². The lowest BCUT2D eigenvalue weighted by atomic mass is 10.2. The molecule has 2 rings (SSSR count). The van der Waals surface area contributed by atoms with Crippen molar-refractivity contribution in [2.45, 2.75) is 26.2 Å². The summed E-state index contributed by atoms with van der Waals surface area (Å²) in [5, 5.41) is 5.75. The molecule has 0 bridgehead atoms. The van der Waals surface area contributed by atoms with Gasteiger partial charge in [-0.1, -0.05) is 17.7 Å². The minimum atomic E-state index is -0.580. The first-order chi connectivity index (χ1) is 14.9. The smallest absolute Gasteiger partial charge is 0.338 e. The standard InChI is InChI=1S/C22H23ClN2O6/c1-2-30-22(29)15-9-11-17(12-10-15)24-20(27)14-31-21(28)8-4-7-19(26)25-18-6-3-5-16(23)13-18/h3,5-6,9-13H,2,4,7-8,14H2,1H3,(H,24,27)(H,25,26). The Hall–Kier alpha value is -3.39. The Kier molecular flexibility index (Phi) is 9.51. The van der Waals surface area contributed by atoms with Crippen molar-refractivity contribution in [1.82, 2.24) is 0 Å². The molecule has 2 aromatic rings. The van der Waals surface area contributed by atoms with Crippen molar-refractivity contribution in [3.05, 3.63) is 59.1 Å². The number of benzene rings is 2. The first kappa shape index (κ1) is 23.9. The predicted molar refractivity (Wildman–Crippen MR) is 116 cm³/mol. The van der Waals surface area contributed by atoms with Crippen LogP contribution in [0.15, 0.2) is 48.5 Å². The van der Waals surface area contributed by atoms with Crippen molar-refractivity contribution in [1.29, 1.82) is 0 Å². The maximum atomic E-state index is 11.9. The molecule has 0 aliphatic carbocycles. The molecule has 0 fully saturated rings. The molecule has 0 atom stereocenters. The molecule has 0 saturated heterocycles. The molecule has 0 aromatic heterocycles. The summed E-state index contributed by atoms with van der Waals surface area (Å²) >= 11 is 5.85. The van der Waals surface area contributed by atoms with Gasteiger partial charge in [0.2, 0.25) is 5.91 Å². The van der Waals surface area contributed by atoms with Gasteiger partial charge < -0.3 is 20.1 Å². The number of anilines is 2. The molecule has 31 heavy (non-hydrogen) atoms. The van der Waals surface area contributed by atoms with Crippen LogP contribution >= 0.6 is 11.6 Å². The van der Waals surface area contributed by atoms with Gasteiger partial charge in [-0.15, -0.1) is 0 Å². The van der Waals surface area contributed by atoms with Crippen molar-refractivity contribution < 1.29 is 28.7 Å². The number of esters is 2. The van der Waals surface area contributed by atoms with E-state index in [1.165, 1.54) is 12.1 Å². The number of hydrogen-bond acceptors (Lipinski definition) is 6. The van der Waals surface area contributed by atoms with E-state index in [0.29, 0.717) is 22.0 Å². The predicted octanol–water partition coefficient (Wildman–Crippen LogP) is 3.81. The number of carbonyl (C=O) groups excluding carboxylic acids is 4. The highest BCUT2D eigenvalue weighted by atomic mass is 35.5. The fourth-order valence-electron chi connectivity index (χ4n) is 2.50. The van der Waals surface area contributed by atoms with Crippen molar-refractivity contribution >= 4 is 46.7 Å². The molecule has 2 N–H and O–H groups in total. The van der Waals surface area contributed by atoms with E-state index in [9.17, 15) is 19.2 Å². The second kappa shape index (κ2) is 12.3. The van der Waals surface area contributed by atoms with Crippen LogP contribution in [0.4, 0.5) is 11.4 Å². The Bertz CT molecular complexity index is 930. The van der Waals surface area contributed by atoms with E-state index in [2.05, 4.69) is 10.6 Å². The van der Waals surface area contributed by atoms with Gasteiger partial charge in [0.25, 0.3) is 5.91 Å². The highest BCUT2D eigenvalue weighted by Crippen LogP contribution is 2.15. The van der Waals surface area contributed by atoms with Crippen LogP contribution in [0, 0.1) is 0 Å². The second-order valence-corrected chi connectivity index (χ2v) is 6.86. The zero-order valence-corrected chi connectivity index (χ0v) is 17.7. The molecule has 9 heteroatoms. The molecule has 164 valence electrons. The third-order valence-electron chi connectivity index (χ3n) is 3.94. The van der Waals surface area contributed by atoms with Gasteiger partial charge >= 0.3 is 11.9 Å². The summed E-state index contributed by atoms with van der Waals surface area (Å²) in [7, 11) is 0. The first-order valence-corrected chi connectivity index (χ1v) is 10.0. The average Bonchev–Trinajstić information content (AvgIpc) is 2.73. The lowest BCUT2D eigenvalue weighted by molar-refractivity contribution is -0.147. The van der Waals surface area contributed by atoms with Gasteiger partial charge in [0.05, 0.1) is 12.2 Å². The molecule has 2 aromatic carbocycles. The summed E-state index contributed by atoms with van der Waals surface area (Å²) in [6.07, 6.45) is 0.410. The molecule has 0 aliphatic rings. The number of amides is 2. The van der Waals surface area contributed by atoms with E-state index >= 15 is 0 Å². The Labute approximate surface area is 184 Å². The van der Waals surface area contributed by atoms with Crippen molar-refractivity contribution in [2.24, 2.45) is 0 Å². The average molecular weight is 447 g/mol. The fourth-order valence-corrected chi connectivity index (χ4v) is 2.69. The SMILES string of the molecule is CCOC(=O)c1ccc(NC(=O)COC(=O)CCCC(=O)Nc2cccc(Cl)c2)cc1. The van der Waals surface area contributed by atoms with Crippen LogP contribution in [0.25, 0.3) is 0 Å². The van der Waals surface area contributed by atoms with Gasteiger partial charge in [-0.2, -0.15) is 0 Å². The first-order valence-electron chi connectivity index (χ1n) is 9.65. The van der Waals surface area contributed by atoms with Crippen LogP contribution < -0.4 is 10.6 Å². The van der Waals surface area contributed by atoms with Gasteiger partial charge in [0.15, 0.2) is 6.61 Å². The van der Waals surface area contributed by atoms with Gasteiger partial charge in [0.1, 0.15) is 0 Å². The molecular formula is C22H23ClN2O6. The minimum absolute atomic E-state index is 0.00445. The van der Waals surface area contributed by atoms with Crippen LogP contribution in [-0.4, -0.2) is 37.0 Å². The third kappa shape index (κ3) is 8.88. The summed E-state index contributed by atoms with van der Waals surface area (Å²) in [6, 6.07) is 12.9. The van der Waals surface area contributed by atoms with Crippen LogP contribution in [0.1, 0.15) is 36.5 Å². The van der Waals surface area contributed by atoms with Crippen LogP contribution in [0.5, 0.6) is 0 Å². The van der Waals surface area contributed by atoms with Crippen molar-refractivity contribution in [2.75, 3.05) is 23.8 Å². The fraction of sp³-hybridized carbons (Fsp3) is 0.273. The van der Waals surface area contributed by atoms with Gasteiger partial charge in [-0.25, -0.2) is 4.79 Å². The Morgan fingerprint density at radius 2 is 1.58 bits per heavy atom. The zero-order valence-electron chi connectivity index (χ0n) is 17.0. The third-order valence-corrected chi connectivity index (χ3v) is 4.17. The molecule has 0 radical (unpaired) electrons. The lowest BCUT2D eigenvalue weighted by Gasteiger charge is -2.08. The van der Waals surface area contributed by atoms with Crippen LogP contribution in [-0.2, 0) is 23.9 Å². The molecule has 0 spiro atoms. The number of carbonyl (C=O) groups is 4. The summed E-state index contributed by atoms with van der Waals surface area (Å²) in [5.74, 6) is -1.80. The normalized spacial score (nSPS) is 10.1. The van der Waals surface area contributed by atoms with E-state index in [-0.39, 0.29) is 31.8 Å². The Balaban J connectivity index is 1.64. The van der Waals surface area contributed by atoms with E-state index in [1.807, 2.05) is 0 Å². The number of halogens is 1. The van der Waals surface area contributed by atoms with Crippen molar-refractivity contribution in [3.63, 3.8) is 0 Å². The second-order valence-electron chi connectivity index (χ2n) is 6.42. The molecule has 0 heterocycles. The molecule has 2 amide bonds. The maximum Gasteiger partial charge on any atom is 0.338 e. The molecular weight excluding hydrogens is 424 g/mol. The van der Waals surface area contributed by atoms with Crippen LogP contribution in [0.3, 0.4) is 0 Å². The summed E-state index contributed by atoms with van der Waals surface area (Å²) in [4.78, 5) is 47.1. The molecule has 0 saturated carbocycles. The highest BCUT2D eigenvalue weighted by molar-refractivity contribution is 6.30. The zero-order chi connectivity index (χ0) is 22.6. The van der Waals surface area contributed by atoms with Crippen molar-refractivity contribution in [3.8, 4) is 0 Å². The number of rotatable bonds is 10. The largest absolute Gasteiger partial charge is 0.462 e. The van der Waals surface area contributed by atoms with E-state index in [1.54, 1.807) is 43.3 Å². The van der Waals surface area contributed by atoms with E-state index < -0.39 is 24.5 Å². The van der Waals surface area contributed by atoms with E-state index in [4.69, 9.17) is 21.1 Å².